The largest absolute Gasteiger partial charge is 0.339 e. The van der Waals surface area contributed by atoms with Crippen LogP contribution in [-0.4, -0.2) is 77.9 Å². The van der Waals surface area contributed by atoms with Gasteiger partial charge in [0.15, 0.2) is 0 Å². The van der Waals surface area contributed by atoms with Crippen LogP contribution in [0.1, 0.15) is 24.0 Å². The molecule has 33 heavy (non-hydrogen) atoms. The molecule has 4 heterocycles. The van der Waals surface area contributed by atoms with E-state index < -0.39 is 0 Å². The van der Waals surface area contributed by atoms with Gasteiger partial charge < -0.3 is 4.90 Å². The van der Waals surface area contributed by atoms with Crippen molar-refractivity contribution < 1.29 is 9.42 Å². The number of tetrazole rings is 1. The van der Waals surface area contributed by atoms with Gasteiger partial charge in [-0.15, -0.1) is 5.10 Å². The topological polar surface area (TPSA) is 106 Å². The quantitative estimate of drug-likeness (QED) is 0.442. The lowest BCUT2D eigenvalue weighted by Crippen LogP contribution is -2.55. The monoisotopic (exact) mass is 444 g/mol. The minimum atomic E-state index is 0.200. The van der Waals surface area contributed by atoms with E-state index in [9.17, 15) is 4.79 Å². The minimum Gasteiger partial charge on any atom is -0.339 e. The predicted molar refractivity (Wildman–Crippen MR) is 118 cm³/mol. The SMILES string of the molecule is O=C(Cc1ccc(-n2cnnn2)cc1)N1CC2CCC(C1)N2CCc1ccc2nonc2c1. The first-order valence-corrected chi connectivity index (χ1v) is 11.3. The molecule has 2 bridgehead atoms. The number of hydrogen-bond acceptors (Lipinski definition) is 8. The first-order chi connectivity index (χ1) is 16.2. The summed E-state index contributed by atoms with van der Waals surface area (Å²) in [6, 6.07) is 14.8. The van der Waals surface area contributed by atoms with E-state index in [1.165, 1.54) is 5.56 Å². The van der Waals surface area contributed by atoms with Crippen molar-refractivity contribution >= 4 is 16.9 Å². The molecule has 0 saturated carbocycles. The van der Waals surface area contributed by atoms with Crippen molar-refractivity contribution in [3.8, 4) is 5.69 Å². The second-order valence-corrected chi connectivity index (χ2v) is 8.86. The van der Waals surface area contributed by atoms with Gasteiger partial charge in [-0.05, 0) is 75.4 Å². The summed E-state index contributed by atoms with van der Waals surface area (Å²) < 4.78 is 6.40. The van der Waals surface area contributed by atoms with E-state index in [2.05, 4.69) is 47.8 Å². The fourth-order valence-electron chi connectivity index (χ4n) is 5.13. The van der Waals surface area contributed by atoms with Crippen LogP contribution in [0.25, 0.3) is 16.7 Å². The second kappa shape index (κ2) is 8.36. The summed E-state index contributed by atoms with van der Waals surface area (Å²) in [6.07, 6.45) is 5.24. The molecular formula is C23H24N8O2. The Morgan fingerprint density at radius 3 is 2.48 bits per heavy atom. The summed E-state index contributed by atoms with van der Waals surface area (Å²) in [4.78, 5) is 17.7. The number of aromatic nitrogens is 6. The summed E-state index contributed by atoms with van der Waals surface area (Å²) >= 11 is 0. The maximum absolute atomic E-state index is 13.0. The molecule has 2 unspecified atom stereocenters. The Balaban J connectivity index is 1.05. The van der Waals surface area contributed by atoms with Gasteiger partial charge in [0, 0.05) is 31.7 Å². The van der Waals surface area contributed by atoms with Gasteiger partial charge in [0.1, 0.15) is 17.4 Å². The molecule has 2 aromatic heterocycles. The highest BCUT2D eigenvalue weighted by Crippen LogP contribution is 2.30. The van der Waals surface area contributed by atoms with Crippen molar-refractivity contribution in [3.63, 3.8) is 0 Å². The molecule has 0 N–H and O–H groups in total. The van der Waals surface area contributed by atoms with Crippen molar-refractivity contribution in [3.05, 3.63) is 59.9 Å². The van der Waals surface area contributed by atoms with Gasteiger partial charge >= 0.3 is 0 Å². The zero-order valence-corrected chi connectivity index (χ0v) is 18.1. The van der Waals surface area contributed by atoms with Gasteiger partial charge in [-0.2, -0.15) is 0 Å². The Hall–Kier alpha value is -3.66. The number of benzene rings is 2. The summed E-state index contributed by atoms with van der Waals surface area (Å²) in [7, 11) is 0. The van der Waals surface area contributed by atoms with Crippen molar-refractivity contribution in [2.45, 2.75) is 37.8 Å². The molecule has 2 atom stereocenters. The highest BCUT2D eigenvalue weighted by molar-refractivity contribution is 5.79. The zero-order chi connectivity index (χ0) is 22.2. The van der Waals surface area contributed by atoms with Gasteiger partial charge in [0.25, 0.3) is 0 Å². The minimum absolute atomic E-state index is 0.200. The molecule has 2 fully saturated rings. The van der Waals surface area contributed by atoms with Crippen LogP contribution >= 0.6 is 0 Å². The number of amides is 1. The van der Waals surface area contributed by atoms with Crippen LogP contribution in [0.4, 0.5) is 0 Å². The highest BCUT2D eigenvalue weighted by Gasteiger charge is 2.40. The maximum atomic E-state index is 13.0. The Bertz CT molecular complexity index is 1240. The zero-order valence-electron chi connectivity index (χ0n) is 18.1. The van der Waals surface area contributed by atoms with Gasteiger partial charge in [-0.3, -0.25) is 9.69 Å². The number of fused-ring (bicyclic) bond motifs is 3. The second-order valence-electron chi connectivity index (χ2n) is 8.86. The van der Waals surface area contributed by atoms with Gasteiger partial charge in [0.2, 0.25) is 5.91 Å². The van der Waals surface area contributed by atoms with Crippen molar-refractivity contribution in [1.82, 2.24) is 40.3 Å². The number of piperazine rings is 1. The molecule has 2 aliphatic heterocycles. The van der Waals surface area contributed by atoms with Gasteiger partial charge in [-0.25, -0.2) is 9.31 Å². The molecule has 4 aromatic rings. The third-order valence-electron chi connectivity index (χ3n) is 6.87. The summed E-state index contributed by atoms with van der Waals surface area (Å²) in [6.45, 7) is 2.61. The molecule has 1 amide bonds. The lowest BCUT2D eigenvalue weighted by Gasteiger charge is -2.41. The summed E-state index contributed by atoms with van der Waals surface area (Å²) in [5.74, 6) is 0.200. The van der Waals surface area contributed by atoms with Gasteiger partial charge in [-0.1, -0.05) is 18.2 Å². The highest BCUT2D eigenvalue weighted by atomic mass is 16.6. The van der Waals surface area contributed by atoms with Crippen LogP contribution in [0.2, 0.25) is 0 Å². The fraction of sp³-hybridized carbons (Fsp3) is 0.391. The lowest BCUT2D eigenvalue weighted by atomic mass is 10.1. The van der Waals surface area contributed by atoms with Crippen LogP contribution < -0.4 is 0 Å². The maximum Gasteiger partial charge on any atom is 0.227 e. The Kier molecular flexibility index (Phi) is 5.06. The van der Waals surface area contributed by atoms with Crippen molar-refractivity contribution in [1.29, 1.82) is 0 Å². The molecule has 0 spiro atoms. The third-order valence-corrected chi connectivity index (χ3v) is 6.87. The number of rotatable bonds is 6. The fourth-order valence-corrected chi connectivity index (χ4v) is 5.13. The molecule has 2 aromatic carbocycles. The molecular weight excluding hydrogens is 420 g/mol. The van der Waals surface area contributed by atoms with E-state index in [0.29, 0.717) is 18.5 Å². The lowest BCUT2D eigenvalue weighted by molar-refractivity contribution is -0.133. The number of carbonyl (C=O) groups excluding carboxylic acids is 1. The van der Waals surface area contributed by atoms with Crippen molar-refractivity contribution in [2.75, 3.05) is 19.6 Å². The van der Waals surface area contributed by atoms with E-state index in [0.717, 1.165) is 61.2 Å². The van der Waals surface area contributed by atoms with Crippen LogP contribution in [0.5, 0.6) is 0 Å². The average Bonchev–Trinajstić information content (AvgIpc) is 3.57. The number of carbonyl (C=O) groups is 1. The molecule has 6 rings (SSSR count). The van der Waals surface area contributed by atoms with Gasteiger partial charge in [0.05, 0.1) is 12.1 Å². The van der Waals surface area contributed by atoms with E-state index in [1.807, 2.05) is 30.3 Å². The normalized spacial score (nSPS) is 20.5. The van der Waals surface area contributed by atoms with E-state index >= 15 is 0 Å². The van der Waals surface area contributed by atoms with E-state index in [1.54, 1.807) is 11.0 Å². The molecule has 2 aliphatic rings. The first kappa shape index (κ1) is 20.0. The number of hydrogen-bond donors (Lipinski definition) is 0. The van der Waals surface area contributed by atoms with Crippen LogP contribution in [0, 0.1) is 0 Å². The standard InChI is InChI=1S/C23H24N8O2/c32-23(12-16-1-4-18(5-2-16)31-15-24-27-28-31)29-13-19-6-7-20(14-29)30(19)10-9-17-3-8-21-22(11-17)26-33-25-21/h1-5,8,11,15,19-20H,6-7,9-10,12-14H2. The number of nitrogens with zero attached hydrogens (tertiary/aromatic N) is 8. The Morgan fingerprint density at radius 1 is 0.970 bits per heavy atom. The smallest absolute Gasteiger partial charge is 0.227 e. The van der Waals surface area contributed by atoms with Crippen LogP contribution in [-0.2, 0) is 17.6 Å². The molecule has 10 heteroatoms. The van der Waals surface area contributed by atoms with Crippen molar-refractivity contribution in [2.24, 2.45) is 0 Å². The summed E-state index contributed by atoms with van der Waals surface area (Å²) in [5.41, 5.74) is 4.71. The Labute approximate surface area is 190 Å². The molecule has 2 saturated heterocycles. The average molecular weight is 444 g/mol. The third kappa shape index (κ3) is 3.97. The van der Waals surface area contributed by atoms with E-state index in [-0.39, 0.29) is 5.91 Å². The molecule has 0 aliphatic carbocycles. The summed E-state index contributed by atoms with van der Waals surface area (Å²) in [5, 5.41) is 19.0. The predicted octanol–water partition coefficient (Wildman–Crippen LogP) is 1.66. The molecule has 0 radical (unpaired) electrons. The number of likely N-dealkylation sites (tertiary alicyclic amines) is 1. The Morgan fingerprint density at radius 2 is 1.73 bits per heavy atom. The molecule has 10 nitrogen and oxygen atoms in total. The van der Waals surface area contributed by atoms with E-state index in [4.69, 9.17) is 4.63 Å². The van der Waals surface area contributed by atoms with Crippen LogP contribution in [0.15, 0.2) is 53.4 Å². The van der Waals surface area contributed by atoms with Crippen LogP contribution in [0.3, 0.4) is 0 Å². The molecule has 168 valence electrons. The first-order valence-electron chi connectivity index (χ1n) is 11.3.